The van der Waals surface area contributed by atoms with Gasteiger partial charge in [0.2, 0.25) is 5.78 Å². The number of aromatic nitrogens is 2. The quantitative estimate of drug-likeness (QED) is 0.788. The summed E-state index contributed by atoms with van der Waals surface area (Å²) in [4.78, 5) is 16.0. The maximum absolute atomic E-state index is 13.7. The van der Waals surface area contributed by atoms with Crippen molar-refractivity contribution in [3.8, 4) is 0 Å². The van der Waals surface area contributed by atoms with Gasteiger partial charge in [0.25, 0.3) is 0 Å². The van der Waals surface area contributed by atoms with Crippen LogP contribution in [-0.2, 0) is 6.54 Å². The van der Waals surface area contributed by atoms with Crippen molar-refractivity contribution in [3.05, 3.63) is 52.8 Å². The minimum Gasteiger partial charge on any atom is -0.328 e. The highest BCUT2D eigenvalue weighted by molar-refractivity contribution is 6.31. The van der Waals surface area contributed by atoms with E-state index < -0.39 is 11.6 Å². The van der Waals surface area contributed by atoms with Crippen LogP contribution >= 0.6 is 11.6 Å². The van der Waals surface area contributed by atoms with Gasteiger partial charge in [0.05, 0.1) is 10.6 Å². The maximum Gasteiger partial charge on any atom is 0.231 e. The standard InChI is InChI=1S/C12H10ClFN2O/c1-2-16-7-6-15-12(16)11(17)8-4-3-5-9(13)10(8)14/h3-7H,2H2,1H3. The molecular weight excluding hydrogens is 243 g/mol. The van der Waals surface area contributed by atoms with Crippen molar-refractivity contribution in [2.75, 3.05) is 0 Å². The second kappa shape index (κ2) is 4.67. The van der Waals surface area contributed by atoms with E-state index in [0.29, 0.717) is 6.54 Å². The first-order valence-corrected chi connectivity index (χ1v) is 5.52. The lowest BCUT2D eigenvalue weighted by Gasteiger charge is -2.05. The molecule has 0 saturated heterocycles. The van der Waals surface area contributed by atoms with Crippen molar-refractivity contribution >= 4 is 17.4 Å². The molecule has 0 fully saturated rings. The number of benzene rings is 1. The summed E-state index contributed by atoms with van der Waals surface area (Å²) in [5, 5.41) is -0.0644. The van der Waals surface area contributed by atoms with Gasteiger partial charge < -0.3 is 4.57 Å². The zero-order valence-electron chi connectivity index (χ0n) is 9.15. The second-order valence-corrected chi connectivity index (χ2v) is 3.87. The number of imidazole rings is 1. The number of hydrogen-bond donors (Lipinski definition) is 0. The highest BCUT2D eigenvalue weighted by Crippen LogP contribution is 2.20. The number of rotatable bonds is 3. The SMILES string of the molecule is CCn1ccnc1C(=O)c1cccc(Cl)c1F. The lowest BCUT2D eigenvalue weighted by atomic mass is 10.1. The second-order valence-electron chi connectivity index (χ2n) is 3.47. The molecular formula is C12H10ClFN2O. The smallest absolute Gasteiger partial charge is 0.231 e. The van der Waals surface area contributed by atoms with Crippen molar-refractivity contribution < 1.29 is 9.18 Å². The molecule has 0 N–H and O–H groups in total. The van der Waals surface area contributed by atoms with Gasteiger partial charge in [-0.3, -0.25) is 4.79 Å². The molecule has 88 valence electrons. The van der Waals surface area contributed by atoms with Gasteiger partial charge in [-0.1, -0.05) is 17.7 Å². The van der Waals surface area contributed by atoms with Crippen molar-refractivity contribution in [1.29, 1.82) is 0 Å². The molecule has 2 rings (SSSR count). The Morgan fingerprint density at radius 3 is 3.00 bits per heavy atom. The van der Waals surface area contributed by atoms with E-state index in [-0.39, 0.29) is 16.4 Å². The Bertz CT molecular complexity index is 565. The molecule has 0 amide bonds. The van der Waals surface area contributed by atoms with E-state index in [1.165, 1.54) is 24.4 Å². The summed E-state index contributed by atoms with van der Waals surface area (Å²) in [7, 11) is 0. The number of hydrogen-bond acceptors (Lipinski definition) is 2. The van der Waals surface area contributed by atoms with Gasteiger partial charge in [-0.15, -0.1) is 0 Å². The van der Waals surface area contributed by atoms with E-state index >= 15 is 0 Å². The fourth-order valence-electron chi connectivity index (χ4n) is 1.57. The lowest BCUT2D eigenvalue weighted by molar-refractivity contribution is 0.102. The molecule has 1 aromatic heterocycles. The van der Waals surface area contributed by atoms with Crippen LogP contribution in [-0.4, -0.2) is 15.3 Å². The third-order valence-corrected chi connectivity index (χ3v) is 2.75. The predicted molar refractivity (Wildman–Crippen MR) is 62.7 cm³/mol. The molecule has 0 bridgehead atoms. The van der Waals surface area contributed by atoms with Gasteiger partial charge in [0.15, 0.2) is 11.6 Å². The molecule has 0 aliphatic rings. The molecule has 0 aliphatic heterocycles. The van der Waals surface area contributed by atoms with Crippen LogP contribution in [0.4, 0.5) is 4.39 Å². The van der Waals surface area contributed by atoms with Gasteiger partial charge in [0.1, 0.15) is 0 Å². The van der Waals surface area contributed by atoms with Gasteiger partial charge in [-0.2, -0.15) is 0 Å². The fourth-order valence-corrected chi connectivity index (χ4v) is 1.75. The van der Waals surface area contributed by atoms with E-state index in [0.717, 1.165) is 0 Å². The third-order valence-electron chi connectivity index (χ3n) is 2.46. The summed E-state index contributed by atoms with van der Waals surface area (Å²) < 4.78 is 15.3. The monoisotopic (exact) mass is 252 g/mol. The molecule has 0 saturated carbocycles. The van der Waals surface area contributed by atoms with E-state index in [4.69, 9.17) is 11.6 Å². The zero-order chi connectivity index (χ0) is 12.4. The molecule has 0 aliphatic carbocycles. The Hall–Kier alpha value is -1.68. The topological polar surface area (TPSA) is 34.9 Å². The van der Waals surface area contributed by atoms with Crippen molar-refractivity contribution in [2.45, 2.75) is 13.5 Å². The molecule has 5 heteroatoms. The van der Waals surface area contributed by atoms with Crippen LogP contribution in [0.3, 0.4) is 0 Å². The van der Waals surface area contributed by atoms with E-state index in [1.54, 1.807) is 10.8 Å². The lowest BCUT2D eigenvalue weighted by Crippen LogP contribution is -2.12. The number of ketones is 1. The summed E-state index contributed by atoms with van der Waals surface area (Å²) in [5.41, 5.74) is -0.0570. The molecule has 3 nitrogen and oxygen atoms in total. The summed E-state index contributed by atoms with van der Waals surface area (Å²) in [6, 6.07) is 4.34. The van der Waals surface area contributed by atoms with E-state index in [1.807, 2.05) is 6.92 Å². The van der Waals surface area contributed by atoms with E-state index in [9.17, 15) is 9.18 Å². The number of carbonyl (C=O) groups is 1. The van der Waals surface area contributed by atoms with Crippen LogP contribution in [0.15, 0.2) is 30.6 Å². The number of aryl methyl sites for hydroxylation is 1. The minimum absolute atomic E-state index is 0.0570. The van der Waals surface area contributed by atoms with Crippen LogP contribution < -0.4 is 0 Å². The van der Waals surface area contributed by atoms with E-state index in [2.05, 4.69) is 4.98 Å². The van der Waals surface area contributed by atoms with Crippen molar-refractivity contribution in [1.82, 2.24) is 9.55 Å². The Labute approximate surface area is 103 Å². The van der Waals surface area contributed by atoms with Crippen LogP contribution in [0, 0.1) is 5.82 Å². The van der Waals surface area contributed by atoms with Crippen LogP contribution in [0.1, 0.15) is 23.1 Å². The Balaban J connectivity index is 2.48. The highest BCUT2D eigenvalue weighted by atomic mass is 35.5. The normalized spacial score (nSPS) is 10.5. The minimum atomic E-state index is -0.704. The summed E-state index contributed by atoms with van der Waals surface area (Å²) in [5.74, 6) is -0.949. The zero-order valence-corrected chi connectivity index (χ0v) is 9.91. The number of halogens is 2. The van der Waals surface area contributed by atoms with Crippen molar-refractivity contribution in [2.24, 2.45) is 0 Å². The Kier molecular flexibility index (Phi) is 3.24. The molecule has 0 unspecified atom stereocenters. The summed E-state index contributed by atoms with van der Waals surface area (Å²) in [6.07, 6.45) is 3.19. The van der Waals surface area contributed by atoms with Crippen LogP contribution in [0.2, 0.25) is 5.02 Å². The first-order chi connectivity index (χ1) is 8.15. The molecule has 1 aromatic carbocycles. The average Bonchev–Trinajstić information content (AvgIpc) is 2.80. The molecule has 0 radical (unpaired) electrons. The van der Waals surface area contributed by atoms with Crippen LogP contribution in [0.5, 0.6) is 0 Å². The molecule has 17 heavy (non-hydrogen) atoms. The highest BCUT2D eigenvalue weighted by Gasteiger charge is 2.19. The predicted octanol–water partition coefficient (Wildman–Crippen LogP) is 2.93. The number of carbonyl (C=O) groups excluding carboxylic acids is 1. The largest absolute Gasteiger partial charge is 0.328 e. The Morgan fingerprint density at radius 1 is 1.53 bits per heavy atom. The molecule has 1 heterocycles. The van der Waals surface area contributed by atoms with Crippen LogP contribution in [0.25, 0.3) is 0 Å². The van der Waals surface area contributed by atoms with Gasteiger partial charge in [-0.25, -0.2) is 9.37 Å². The molecule has 0 spiro atoms. The summed E-state index contributed by atoms with van der Waals surface area (Å²) in [6.45, 7) is 2.48. The maximum atomic E-state index is 13.7. The van der Waals surface area contributed by atoms with Gasteiger partial charge >= 0.3 is 0 Å². The molecule has 2 aromatic rings. The first kappa shape index (κ1) is 11.8. The average molecular weight is 253 g/mol. The van der Waals surface area contributed by atoms with Crippen molar-refractivity contribution in [3.63, 3.8) is 0 Å². The first-order valence-electron chi connectivity index (χ1n) is 5.15. The Morgan fingerprint density at radius 2 is 2.29 bits per heavy atom. The fraction of sp³-hybridized carbons (Fsp3) is 0.167. The number of nitrogens with zero attached hydrogens (tertiary/aromatic N) is 2. The third kappa shape index (κ3) is 2.08. The van der Waals surface area contributed by atoms with Gasteiger partial charge in [-0.05, 0) is 19.1 Å². The summed E-state index contributed by atoms with van der Waals surface area (Å²) >= 11 is 5.64. The van der Waals surface area contributed by atoms with Gasteiger partial charge in [0, 0.05) is 18.9 Å². The molecule has 0 atom stereocenters.